The molecule has 0 saturated heterocycles. The smallest absolute Gasteiger partial charge is 0.254 e. The molecule has 1 N–H and O–H groups in total. The van der Waals surface area contributed by atoms with Gasteiger partial charge in [-0.05, 0) is 6.42 Å². The molecule has 1 aromatic rings. The lowest BCUT2D eigenvalue weighted by Crippen LogP contribution is -2.33. The third kappa shape index (κ3) is 1.52. The van der Waals surface area contributed by atoms with E-state index in [0.717, 1.165) is 0 Å². The normalized spacial score (nSPS) is 14.5. The standard InChI is InChI=1S/C9H8ClFN2O2/c1-15-9-6(11)4-2-3-12-8(14)5(4)7(10)13-9/h2-3H2,1H3,(H,12,14). The third-order valence-electron chi connectivity index (χ3n) is 2.24. The van der Waals surface area contributed by atoms with Crippen molar-refractivity contribution in [3.8, 4) is 5.88 Å². The van der Waals surface area contributed by atoms with Gasteiger partial charge in [-0.2, -0.15) is 4.98 Å². The number of carbonyl (C=O) groups is 1. The highest BCUT2D eigenvalue weighted by molar-refractivity contribution is 6.33. The number of methoxy groups -OCH3 is 1. The maximum Gasteiger partial charge on any atom is 0.254 e. The first kappa shape index (κ1) is 10.2. The summed E-state index contributed by atoms with van der Waals surface area (Å²) in [6, 6.07) is 0. The molecule has 1 aliphatic rings. The molecule has 15 heavy (non-hydrogen) atoms. The predicted octanol–water partition coefficient (Wildman–Crippen LogP) is 1.17. The van der Waals surface area contributed by atoms with Gasteiger partial charge in [-0.25, -0.2) is 4.39 Å². The number of nitrogens with one attached hydrogen (secondary N) is 1. The molecule has 6 heteroatoms. The number of ether oxygens (including phenoxy) is 1. The van der Waals surface area contributed by atoms with Crippen LogP contribution in [0, 0.1) is 5.82 Å². The topological polar surface area (TPSA) is 51.2 Å². The number of fused-ring (bicyclic) bond motifs is 1. The molecule has 0 radical (unpaired) electrons. The van der Waals surface area contributed by atoms with Gasteiger partial charge in [0.1, 0.15) is 5.15 Å². The minimum absolute atomic E-state index is 0.0274. The summed E-state index contributed by atoms with van der Waals surface area (Å²) in [4.78, 5) is 15.1. The van der Waals surface area contributed by atoms with Crippen molar-refractivity contribution >= 4 is 17.5 Å². The van der Waals surface area contributed by atoms with Gasteiger partial charge in [0.15, 0.2) is 5.82 Å². The molecule has 0 atom stereocenters. The van der Waals surface area contributed by atoms with Crippen LogP contribution in [0.5, 0.6) is 5.88 Å². The Morgan fingerprint density at radius 3 is 3.00 bits per heavy atom. The summed E-state index contributed by atoms with van der Waals surface area (Å²) in [5.41, 5.74) is 0.386. The number of nitrogens with zero attached hydrogens (tertiary/aromatic N) is 1. The van der Waals surface area contributed by atoms with Crippen LogP contribution in [-0.2, 0) is 6.42 Å². The summed E-state index contributed by atoms with van der Waals surface area (Å²) in [5.74, 6) is -1.17. The largest absolute Gasteiger partial charge is 0.479 e. The van der Waals surface area contributed by atoms with Crippen LogP contribution in [-0.4, -0.2) is 24.5 Å². The van der Waals surface area contributed by atoms with Gasteiger partial charge >= 0.3 is 0 Å². The van der Waals surface area contributed by atoms with Crippen LogP contribution in [0.3, 0.4) is 0 Å². The van der Waals surface area contributed by atoms with E-state index in [1.54, 1.807) is 0 Å². The fraction of sp³-hybridized carbons (Fsp3) is 0.333. The quantitative estimate of drug-likeness (QED) is 0.737. The average molecular weight is 231 g/mol. The molecule has 80 valence electrons. The Morgan fingerprint density at radius 1 is 1.60 bits per heavy atom. The highest BCUT2D eigenvalue weighted by atomic mass is 35.5. The first-order valence-electron chi connectivity index (χ1n) is 4.35. The number of carbonyl (C=O) groups excluding carboxylic acids is 1. The molecule has 1 aromatic heterocycles. The van der Waals surface area contributed by atoms with E-state index in [1.165, 1.54) is 7.11 Å². The van der Waals surface area contributed by atoms with Crippen LogP contribution >= 0.6 is 11.6 Å². The summed E-state index contributed by atoms with van der Waals surface area (Å²) < 4.78 is 18.4. The van der Waals surface area contributed by atoms with Crippen LogP contribution in [0.15, 0.2) is 0 Å². The van der Waals surface area contributed by atoms with Gasteiger partial charge in [-0.15, -0.1) is 0 Å². The predicted molar refractivity (Wildman–Crippen MR) is 51.8 cm³/mol. The second kappa shape index (κ2) is 3.66. The van der Waals surface area contributed by atoms with Crippen LogP contribution in [0.2, 0.25) is 5.15 Å². The minimum atomic E-state index is -0.605. The van der Waals surface area contributed by atoms with E-state index in [0.29, 0.717) is 13.0 Å². The summed E-state index contributed by atoms with van der Waals surface area (Å²) in [5, 5.41) is 2.55. The van der Waals surface area contributed by atoms with Gasteiger partial charge in [-0.1, -0.05) is 11.6 Å². The number of hydrogen-bond acceptors (Lipinski definition) is 3. The molecule has 0 aromatic carbocycles. The van der Waals surface area contributed by atoms with Gasteiger partial charge in [0.25, 0.3) is 11.8 Å². The van der Waals surface area contributed by atoms with Crippen molar-refractivity contribution in [3.05, 3.63) is 22.1 Å². The maximum atomic E-state index is 13.7. The molecule has 0 fully saturated rings. The molecule has 0 bridgehead atoms. The number of halogens is 2. The number of hydrogen-bond donors (Lipinski definition) is 1. The first-order valence-corrected chi connectivity index (χ1v) is 4.73. The number of pyridine rings is 1. The zero-order valence-corrected chi connectivity index (χ0v) is 8.69. The van der Waals surface area contributed by atoms with E-state index in [4.69, 9.17) is 16.3 Å². The van der Waals surface area contributed by atoms with Gasteiger partial charge in [0, 0.05) is 12.1 Å². The Bertz CT molecular complexity index is 437. The van der Waals surface area contributed by atoms with E-state index in [1.807, 2.05) is 0 Å². The van der Waals surface area contributed by atoms with Gasteiger partial charge in [0.05, 0.1) is 12.7 Å². The second-order valence-corrected chi connectivity index (χ2v) is 3.44. The Kier molecular flexibility index (Phi) is 2.48. The fourth-order valence-corrected chi connectivity index (χ4v) is 1.82. The molecular weight excluding hydrogens is 223 g/mol. The Labute approximate surface area is 90.4 Å². The van der Waals surface area contributed by atoms with E-state index in [9.17, 15) is 9.18 Å². The minimum Gasteiger partial charge on any atom is -0.479 e. The van der Waals surface area contributed by atoms with Gasteiger partial charge in [0.2, 0.25) is 0 Å². The van der Waals surface area contributed by atoms with Crippen LogP contribution in [0.25, 0.3) is 0 Å². The fourth-order valence-electron chi connectivity index (χ4n) is 1.55. The van der Waals surface area contributed by atoms with Crippen molar-refractivity contribution in [2.75, 3.05) is 13.7 Å². The Balaban J connectivity index is 2.68. The lowest BCUT2D eigenvalue weighted by atomic mass is 10.0. The molecule has 1 aliphatic heterocycles. The molecule has 0 spiro atoms. The monoisotopic (exact) mass is 230 g/mol. The lowest BCUT2D eigenvalue weighted by molar-refractivity contribution is 0.0944. The van der Waals surface area contributed by atoms with Crippen molar-refractivity contribution in [3.63, 3.8) is 0 Å². The van der Waals surface area contributed by atoms with Crippen LogP contribution in [0.1, 0.15) is 15.9 Å². The van der Waals surface area contributed by atoms with Gasteiger partial charge in [-0.3, -0.25) is 4.79 Å². The zero-order chi connectivity index (χ0) is 11.0. The number of rotatable bonds is 1. The molecule has 2 rings (SSSR count). The van der Waals surface area contributed by atoms with Crippen molar-refractivity contribution in [1.82, 2.24) is 10.3 Å². The lowest BCUT2D eigenvalue weighted by Gasteiger charge is -2.18. The SMILES string of the molecule is COc1nc(Cl)c2c(c1F)CCNC2=O. The molecular formula is C9H8ClFN2O2. The van der Waals surface area contributed by atoms with Crippen molar-refractivity contribution in [2.45, 2.75) is 6.42 Å². The Hall–Kier alpha value is -1.36. The molecule has 0 saturated carbocycles. The molecule has 4 nitrogen and oxygen atoms in total. The van der Waals surface area contributed by atoms with Crippen molar-refractivity contribution in [1.29, 1.82) is 0 Å². The highest BCUT2D eigenvalue weighted by Gasteiger charge is 2.27. The Morgan fingerprint density at radius 2 is 2.33 bits per heavy atom. The van der Waals surface area contributed by atoms with Crippen LogP contribution in [0.4, 0.5) is 4.39 Å². The van der Waals surface area contributed by atoms with Gasteiger partial charge < -0.3 is 10.1 Å². The highest BCUT2D eigenvalue weighted by Crippen LogP contribution is 2.29. The second-order valence-electron chi connectivity index (χ2n) is 3.09. The molecule has 0 unspecified atom stereocenters. The zero-order valence-electron chi connectivity index (χ0n) is 7.93. The van der Waals surface area contributed by atoms with Crippen molar-refractivity contribution in [2.24, 2.45) is 0 Å². The maximum absolute atomic E-state index is 13.7. The summed E-state index contributed by atoms with van der Waals surface area (Å²) in [7, 11) is 1.30. The first-order chi connectivity index (χ1) is 7.15. The van der Waals surface area contributed by atoms with Crippen LogP contribution < -0.4 is 10.1 Å². The summed E-state index contributed by atoms with van der Waals surface area (Å²) in [6.07, 6.45) is 0.394. The molecule has 0 aliphatic carbocycles. The number of amides is 1. The molecule has 2 heterocycles. The van der Waals surface area contributed by atoms with Crippen molar-refractivity contribution < 1.29 is 13.9 Å². The van der Waals surface area contributed by atoms with E-state index < -0.39 is 11.7 Å². The van der Waals surface area contributed by atoms with E-state index in [-0.39, 0.29) is 22.2 Å². The average Bonchev–Trinajstić information content (AvgIpc) is 2.23. The summed E-state index contributed by atoms with van der Waals surface area (Å²) >= 11 is 5.77. The number of aromatic nitrogens is 1. The van der Waals surface area contributed by atoms with E-state index >= 15 is 0 Å². The summed E-state index contributed by atoms with van der Waals surface area (Å²) in [6.45, 7) is 0.395. The molecule has 1 amide bonds. The third-order valence-corrected chi connectivity index (χ3v) is 2.51. The van der Waals surface area contributed by atoms with E-state index in [2.05, 4.69) is 10.3 Å².